The van der Waals surface area contributed by atoms with Crippen LogP contribution in [-0.2, 0) is 11.3 Å². The second kappa shape index (κ2) is 6.41. The number of furan rings is 1. The molecule has 0 N–H and O–H groups in total. The number of anilines is 1. The normalized spacial score (nSPS) is 11.7. The van der Waals surface area contributed by atoms with Crippen LogP contribution in [0.5, 0.6) is 0 Å². The highest BCUT2D eigenvalue weighted by Gasteiger charge is 2.27. The first-order valence-corrected chi connectivity index (χ1v) is 8.53. The van der Waals surface area contributed by atoms with Crippen molar-refractivity contribution in [3.63, 3.8) is 0 Å². The highest BCUT2D eigenvalue weighted by Crippen LogP contribution is 2.32. The van der Waals surface area contributed by atoms with Gasteiger partial charge in [0.2, 0.25) is 5.28 Å². The highest BCUT2D eigenvalue weighted by molar-refractivity contribution is 7.17. The summed E-state index contributed by atoms with van der Waals surface area (Å²) in [5, 5.41) is 1.95. The average molecular weight is 366 g/mol. The maximum absolute atomic E-state index is 12.7. The summed E-state index contributed by atoms with van der Waals surface area (Å²) in [5.41, 5.74) is 0.0483. The third-order valence-corrected chi connectivity index (χ3v) is 4.09. The zero-order valence-corrected chi connectivity index (χ0v) is 15.0. The number of rotatable bonds is 3. The van der Waals surface area contributed by atoms with Crippen molar-refractivity contribution in [2.75, 3.05) is 4.90 Å². The molecule has 8 heteroatoms. The topological polar surface area (TPSA) is 68.5 Å². The summed E-state index contributed by atoms with van der Waals surface area (Å²) in [7, 11) is 0. The van der Waals surface area contributed by atoms with Gasteiger partial charge in [-0.15, -0.1) is 11.3 Å². The van der Waals surface area contributed by atoms with Crippen LogP contribution in [0.25, 0.3) is 10.2 Å². The van der Waals surface area contributed by atoms with Crippen LogP contribution in [0.2, 0.25) is 5.28 Å². The number of thiophene rings is 1. The fourth-order valence-corrected chi connectivity index (χ4v) is 3.10. The van der Waals surface area contributed by atoms with E-state index in [-0.39, 0.29) is 11.8 Å². The van der Waals surface area contributed by atoms with Crippen LogP contribution in [-0.4, -0.2) is 21.7 Å². The number of halogens is 1. The number of amides is 1. The molecule has 0 fully saturated rings. The molecule has 0 spiro atoms. The molecule has 0 unspecified atom stereocenters. The van der Waals surface area contributed by atoms with Crippen molar-refractivity contribution in [3.8, 4) is 0 Å². The van der Waals surface area contributed by atoms with Crippen LogP contribution in [0.1, 0.15) is 26.5 Å². The van der Waals surface area contributed by atoms with Gasteiger partial charge < -0.3 is 9.15 Å². The molecule has 1 amide bonds. The minimum Gasteiger partial charge on any atom is -0.467 e. The van der Waals surface area contributed by atoms with E-state index < -0.39 is 11.7 Å². The summed E-state index contributed by atoms with van der Waals surface area (Å²) in [6, 6.07) is 5.37. The fraction of sp³-hybridized carbons (Fsp3) is 0.312. The molecule has 0 saturated carbocycles. The lowest BCUT2D eigenvalue weighted by Crippen LogP contribution is -2.37. The van der Waals surface area contributed by atoms with Gasteiger partial charge in [0.1, 0.15) is 11.4 Å². The van der Waals surface area contributed by atoms with Gasteiger partial charge in [-0.05, 0) is 56.0 Å². The minimum absolute atomic E-state index is 0.0731. The van der Waals surface area contributed by atoms with Crippen molar-refractivity contribution in [3.05, 3.63) is 40.9 Å². The monoisotopic (exact) mass is 365 g/mol. The van der Waals surface area contributed by atoms with Crippen molar-refractivity contribution >= 4 is 45.1 Å². The van der Waals surface area contributed by atoms with Crippen molar-refractivity contribution in [1.82, 2.24) is 9.97 Å². The van der Waals surface area contributed by atoms with Gasteiger partial charge >= 0.3 is 6.09 Å². The maximum Gasteiger partial charge on any atom is 0.416 e. The largest absolute Gasteiger partial charge is 0.467 e. The lowest BCUT2D eigenvalue weighted by molar-refractivity contribution is 0.0574. The lowest BCUT2D eigenvalue weighted by atomic mass is 10.2. The van der Waals surface area contributed by atoms with Gasteiger partial charge in [-0.3, -0.25) is 4.90 Å². The number of ether oxygens (including phenoxy) is 1. The number of hydrogen-bond acceptors (Lipinski definition) is 6. The van der Waals surface area contributed by atoms with Crippen LogP contribution in [0.4, 0.5) is 10.6 Å². The first-order chi connectivity index (χ1) is 11.3. The first-order valence-electron chi connectivity index (χ1n) is 7.27. The number of nitrogens with zero attached hydrogens (tertiary/aromatic N) is 3. The van der Waals surface area contributed by atoms with Gasteiger partial charge in [0.25, 0.3) is 0 Å². The third-order valence-electron chi connectivity index (χ3n) is 3.02. The first kappa shape index (κ1) is 16.7. The Morgan fingerprint density at radius 2 is 2.17 bits per heavy atom. The summed E-state index contributed by atoms with van der Waals surface area (Å²) < 4.78 is 11.6. The maximum atomic E-state index is 12.7. The van der Waals surface area contributed by atoms with E-state index in [0.717, 1.165) is 4.70 Å². The van der Waals surface area contributed by atoms with Gasteiger partial charge in [0.05, 0.1) is 23.0 Å². The van der Waals surface area contributed by atoms with Gasteiger partial charge in [0.15, 0.2) is 5.82 Å². The van der Waals surface area contributed by atoms with E-state index in [2.05, 4.69) is 9.97 Å². The zero-order chi connectivity index (χ0) is 17.3. The molecular formula is C16H16ClN3O3S. The fourth-order valence-electron chi connectivity index (χ4n) is 2.10. The Morgan fingerprint density at radius 3 is 2.83 bits per heavy atom. The molecule has 6 nitrogen and oxygen atoms in total. The van der Waals surface area contributed by atoms with Crippen LogP contribution in [0, 0.1) is 0 Å². The minimum atomic E-state index is -0.635. The molecule has 3 aromatic rings. The van der Waals surface area contributed by atoms with Crippen molar-refractivity contribution in [1.29, 1.82) is 0 Å². The SMILES string of the molecule is CC(C)(C)OC(=O)N(Cc1ccco1)c1nc(Cl)nc2ccsc12. The second-order valence-corrected chi connectivity index (χ2v) is 7.35. The molecule has 24 heavy (non-hydrogen) atoms. The van der Waals surface area contributed by atoms with Crippen LogP contribution >= 0.6 is 22.9 Å². The van der Waals surface area contributed by atoms with E-state index in [1.54, 1.807) is 18.4 Å². The number of aromatic nitrogens is 2. The molecule has 3 aromatic heterocycles. The standard InChI is InChI=1S/C16H16ClN3O3S/c1-16(2,3)23-15(21)20(9-10-5-4-7-22-10)13-12-11(6-8-24-12)18-14(17)19-13/h4-8H,9H2,1-3H3. The number of fused-ring (bicyclic) bond motifs is 1. The van der Waals surface area contributed by atoms with E-state index in [1.807, 2.05) is 32.2 Å². The van der Waals surface area contributed by atoms with Gasteiger partial charge in [-0.25, -0.2) is 9.78 Å². The zero-order valence-electron chi connectivity index (χ0n) is 13.4. The lowest BCUT2D eigenvalue weighted by Gasteiger charge is -2.26. The van der Waals surface area contributed by atoms with Crippen LogP contribution < -0.4 is 4.90 Å². The molecule has 0 aliphatic heterocycles. The van der Waals surface area contributed by atoms with Crippen LogP contribution in [0.3, 0.4) is 0 Å². The molecule has 3 rings (SSSR count). The summed E-state index contributed by atoms with van der Waals surface area (Å²) in [6.45, 7) is 5.61. The van der Waals surface area contributed by atoms with Crippen LogP contribution in [0.15, 0.2) is 34.3 Å². The molecule has 0 atom stereocenters. The molecule has 0 aliphatic rings. The van der Waals surface area contributed by atoms with Gasteiger partial charge in [-0.1, -0.05) is 0 Å². The Balaban J connectivity index is 2.05. The third kappa shape index (κ3) is 3.68. The molecular weight excluding hydrogens is 350 g/mol. The quantitative estimate of drug-likeness (QED) is 0.619. The molecule has 0 aliphatic carbocycles. The molecule has 0 saturated heterocycles. The van der Waals surface area contributed by atoms with E-state index in [4.69, 9.17) is 20.8 Å². The van der Waals surface area contributed by atoms with Crippen molar-refractivity contribution < 1.29 is 13.9 Å². The van der Waals surface area contributed by atoms with Crippen molar-refractivity contribution in [2.24, 2.45) is 0 Å². The predicted molar refractivity (Wildman–Crippen MR) is 93.6 cm³/mol. The molecule has 3 heterocycles. The Bertz CT molecular complexity index is 855. The summed E-state index contributed by atoms with van der Waals surface area (Å²) in [5.74, 6) is 1.02. The van der Waals surface area contributed by atoms with E-state index in [9.17, 15) is 4.79 Å². The molecule has 0 radical (unpaired) electrons. The van der Waals surface area contributed by atoms with E-state index in [1.165, 1.54) is 16.2 Å². The van der Waals surface area contributed by atoms with E-state index in [0.29, 0.717) is 17.1 Å². The Morgan fingerprint density at radius 1 is 1.38 bits per heavy atom. The molecule has 0 bridgehead atoms. The molecule has 0 aromatic carbocycles. The predicted octanol–water partition coefficient (Wildman–Crippen LogP) is 4.88. The summed E-state index contributed by atoms with van der Waals surface area (Å²) in [4.78, 5) is 22.6. The Kier molecular flexibility index (Phi) is 4.47. The van der Waals surface area contributed by atoms with Gasteiger partial charge in [0, 0.05) is 0 Å². The summed E-state index contributed by atoms with van der Waals surface area (Å²) in [6.07, 6.45) is 1.03. The number of carbonyl (C=O) groups excluding carboxylic acids is 1. The number of hydrogen-bond donors (Lipinski definition) is 0. The van der Waals surface area contributed by atoms with E-state index >= 15 is 0 Å². The highest BCUT2D eigenvalue weighted by atomic mass is 35.5. The smallest absolute Gasteiger partial charge is 0.416 e. The number of carbonyl (C=O) groups is 1. The Hall–Kier alpha value is -2.12. The Labute approximate surface area is 148 Å². The average Bonchev–Trinajstić information content (AvgIpc) is 3.12. The second-order valence-electron chi connectivity index (χ2n) is 6.10. The summed E-state index contributed by atoms with van der Waals surface area (Å²) >= 11 is 7.46. The van der Waals surface area contributed by atoms with Gasteiger partial charge in [-0.2, -0.15) is 4.98 Å². The van der Waals surface area contributed by atoms with Crippen molar-refractivity contribution in [2.45, 2.75) is 32.9 Å². The molecule has 126 valence electrons.